The van der Waals surface area contributed by atoms with Crippen LogP contribution in [-0.2, 0) is 4.79 Å². The van der Waals surface area contributed by atoms with Gasteiger partial charge in [0.2, 0.25) is 5.91 Å². The number of imide groups is 1. The van der Waals surface area contributed by atoms with Crippen LogP contribution in [0.25, 0.3) is 0 Å². The molecule has 0 heterocycles. The summed E-state index contributed by atoms with van der Waals surface area (Å²) in [7, 11) is 0. The summed E-state index contributed by atoms with van der Waals surface area (Å²) >= 11 is 8.02. The quantitative estimate of drug-likeness (QED) is 0.820. The summed E-state index contributed by atoms with van der Waals surface area (Å²) in [4.78, 5) is 21.9. The van der Waals surface area contributed by atoms with Crippen molar-refractivity contribution in [2.45, 2.75) is 0 Å². The van der Waals surface area contributed by atoms with Gasteiger partial charge in [-0.3, -0.25) is 10.1 Å². The van der Waals surface area contributed by atoms with E-state index in [0.29, 0.717) is 0 Å². The SMILES string of the molecule is O=C(CCl)NC(=O)Nc1c(F)cc(Br)cc1F. The molecule has 0 aliphatic carbocycles. The van der Waals surface area contributed by atoms with Crippen molar-refractivity contribution in [2.24, 2.45) is 0 Å². The van der Waals surface area contributed by atoms with Gasteiger partial charge in [-0.05, 0) is 12.1 Å². The highest BCUT2D eigenvalue weighted by atomic mass is 79.9. The van der Waals surface area contributed by atoms with Crippen LogP contribution in [0.15, 0.2) is 16.6 Å². The number of urea groups is 1. The van der Waals surface area contributed by atoms with Crippen LogP contribution in [0.3, 0.4) is 0 Å². The molecule has 1 aromatic carbocycles. The first-order valence-electron chi connectivity index (χ1n) is 4.25. The van der Waals surface area contributed by atoms with Crippen LogP contribution in [0, 0.1) is 11.6 Å². The molecule has 4 nitrogen and oxygen atoms in total. The average molecular weight is 328 g/mol. The second kappa shape index (κ2) is 5.92. The third-order valence-corrected chi connectivity index (χ3v) is 2.32. The molecule has 92 valence electrons. The van der Waals surface area contributed by atoms with Crippen molar-refractivity contribution < 1.29 is 18.4 Å². The molecule has 3 amide bonds. The summed E-state index contributed by atoms with van der Waals surface area (Å²) in [6.07, 6.45) is 0. The molecular weight excluding hydrogens is 321 g/mol. The Morgan fingerprint density at radius 3 is 2.29 bits per heavy atom. The van der Waals surface area contributed by atoms with Gasteiger partial charge in [-0.25, -0.2) is 13.6 Å². The Hall–Kier alpha value is -1.21. The highest BCUT2D eigenvalue weighted by Crippen LogP contribution is 2.23. The second-order valence-electron chi connectivity index (χ2n) is 2.88. The fourth-order valence-corrected chi connectivity index (χ4v) is 1.44. The van der Waals surface area contributed by atoms with E-state index in [4.69, 9.17) is 11.6 Å². The summed E-state index contributed by atoms with van der Waals surface area (Å²) in [5.74, 6) is -3.14. The van der Waals surface area contributed by atoms with E-state index in [0.717, 1.165) is 12.1 Å². The molecule has 0 bridgehead atoms. The minimum absolute atomic E-state index is 0.190. The number of anilines is 1. The van der Waals surface area contributed by atoms with E-state index in [1.54, 1.807) is 5.32 Å². The van der Waals surface area contributed by atoms with E-state index in [-0.39, 0.29) is 4.47 Å². The fourth-order valence-electron chi connectivity index (χ4n) is 0.966. The zero-order valence-electron chi connectivity index (χ0n) is 8.19. The van der Waals surface area contributed by atoms with Gasteiger partial charge in [0.1, 0.15) is 11.6 Å². The van der Waals surface area contributed by atoms with Crippen LogP contribution < -0.4 is 10.6 Å². The molecule has 0 saturated heterocycles. The number of carbonyl (C=O) groups excluding carboxylic acids is 2. The zero-order valence-corrected chi connectivity index (χ0v) is 10.5. The fraction of sp³-hybridized carbons (Fsp3) is 0.111. The number of benzene rings is 1. The normalized spacial score (nSPS) is 9.88. The molecule has 0 aliphatic heterocycles. The smallest absolute Gasteiger partial charge is 0.302 e. The highest BCUT2D eigenvalue weighted by Gasteiger charge is 2.14. The summed E-state index contributed by atoms with van der Waals surface area (Å²) in [6, 6.07) is 0.889. The topological polar surface area (TPSA) is 58.2 Å². The third kappa shape index (κ3) is 3.94. The first-order valence-corrected chi connectivity index (χ1v) is 5.58. The molecule has 8 heteroatoms. The van der Waals surface area contributed by atoms with Crippen LogP contribution in [0.2, 0.25) is 0 Å². The molecule has 0 radical (unpaired) electrons. The molecule has 0 saturated carbocycles. The Labute approximate surface area is 108 Å². The van der Waals surface area contributed by atoms with Crippen molar-refractivity contribution in [1.82, 2.24) is 5.32 Å². The predicted molar refractivity (Wildman–Crippen MR) is 61.9 cm³/mol. The number of halogens is 4. The summed E-state index contributed by atoms with van der Waals surface area (Å²) in [5, 5.41) is 3.65. The maximum atomic E-state index is 13.3. The van der Waals surface area contributed by atoms with Crippen LogP contribution in [0.4, 0.5) is 19.3 Å². The van der Waals surface area contributed by atoms with Crippen molar-refractivity contribution in [2.75, 3.05) is 11.2 Å². The number of amides is 3. The van der Waals surface area contributed by atoms with Crippen molar-refractivity contribution >= 4 is 45.2 Å². The van der Waals surface area contributed by atoms with Crippen molar-refractivity contribution in [3.63, 3.8) is 0 Å². The first kappa shape index (κ1) is 13.9. The van der Waals surface area contributed by atoms with Gasteiger partial charge in [-0.15, -0.1) is 11.6 Å². The maximum absolute atomic E-state index is 13.3. The van der Waals surface area contributed by atoms with E-state index >= 15 is 0 Å². The Kier molecular flexibility index (Phi) is 4.83. The lowest BCUT2D eigenvalue weighted by molar-refractivity contribution is -0.117. The van der Waals surface area contributed by atoms with Gasteiger partial charge in [-0.1, -0.05) is 15.9 Å². The number of carbonyl (C=O) groups is 2. The molecule has 2 N–H and O–H groups in total. The molecule has 0 atom stereocenters. The number of hydrogen-bond donors (Lipinski definition) is 2. The van der Waals surface area contributed by atoms with Gasteiger partial charge in [0.25, 0.3) is 0 Å². The zero-order chi connectivity index (χ0) is 13.0. The van der Waals surface area contributed by atoms with Crippen molar-refractivity contribution in [3.05, 3.63) is 28.2 Å². The van der Waals surface area contributed by atoms with E-state index in [9.17, 15) is 18.4 Å². The lowest BCUT2D eigenvalue weighted by Gasteiger charge is -2.08. The molecule has 0 spiro atoms. The van der Waals surface area contributed by atoms with E-state index in [1.165, 1.54) is 0 Å². The predicted octanol–water partition coefficient (Wildman–Crippen LogP) is 2.61. The molecule has 1 rings (SSSR count). The van der Waals surface area contributed by atoms with Crippen LogP contribution in [0.5, 0.6) is 0 Å². The Bertz CT molecular complexity index is 447. The molecule has 0 fully saturated rings. The number of nitrogens with one attached hydrogen (secondary N) is 2. The lowest BCUT2D eigenvalue weighted by atomic mass is 10.3. The van der Waals surface area contributed by atoms with E-state index in [2.05, 4.69) is 15.9 Å². The standard InChI is InChI=1S/C9H6BrClF2N2O2/c10-4-1-5(12)8(6(13)2-4)15-9(17)14-7(16)3-11/h1-2H,3H2,(H2,14,15,16,17). The molecule has 1 aromatic rings. The van der Waals surface area contributed by atoms with Gasteiger partial charge in [0.15, 0.2) is 11.6 Å². The molecule has 0 unspecified atom stereocenters. The molecule has 0 aliphatic rings. The lowest BCUT2D eigenvalue weighted by Crippen LogP contribution is -2.35. The van der Waals surface area contributed by atoms with Gasteiger partial charge >= 0.3 is 6.03 Å². The maximum Gasteiger partial charge on any atom is 0.326 e. The Balaban J connectivity index is 2.82. The van der Waals surface area contributed by atoms with Gasteiger partial charge < -0.3 is 5.32 Å². The highest BCUT2D eigenvalue weighted by molar-refractivity contribution is 9.10. The number of alkyl halides is 1. The minimum Gasteiger partial charge on any atom is -0.302 e. The average Bonchev–Trinajstić information content (AvgIpc) is 2.23. The Morgan fingerprint density at radius 2 is 1.82 bits per heavy atom. The Morgan fingerprint density at radius 1 is 1.29 bits per heavy atom. The summed E-state index contributed by atoms with van der Waals surface area (Å²) in [5.41, 5.74) is -0.645. The molecular formula is C9H6BrClF2N2O2. The minimum atomic E-state index is -1.06. The van der Waals surface area contributed by atoms with Crippen molar-refractivity contribution in [3.8, 4) is 0 Å². The molecule has 0 aromatic heterocycles. The van der Waals surface area contributed by atoms with Crippen molar-refractivity contribution in [1.29, 1.82) is 0 Å². The van der Waals surface area contributed by atoms with Crippen LogP contribution in [0.1, 0.15) is 0 Å². The van der Waals surface area contributed by atoms with Gasteiger partial charge in [-0.2, -0.15) is 0 Å². The van der Waals surface area contributed by atoms with Gasteiger partial charge in [0.05, 0.1) is 0 Å². The largest absolute Gasteiger partial charge is 0.326 e. The van der Waals surface area contributed by atoms with E-state index < -0.39 is 35.1 Å². The molecule has 17 heavy (non-hydrogen) atoms. The van der Waals surface area contributed by atoms with Gasteiger partial charge in [0, 0.05) is 4.47 Å². The second-order valence-corrected chi connectivity index (χ2v) is 4.06. The summed E-state index contributed by atoms with van der Waals surface area (Å²) in [6.45, 7) is 0. The van der Waals surface area contributed by atoms with Crippen LogP contribution in [-0.4, -0.2) is 17.8 Å². The third-order valence-electron chi connectivity index (χ3n) is 1.62. The van der Waals surface area contributed by atoms with Crippen LogP contribution >= 0.6 is 27.5 Å². The summed E-state index contributed by atoms with van der Waals surface area (Å²) < 4.78 is 26.7. The number of rotatable bonds is 2. The first-order chi connectivity index (χ1) is 7.93. The van der Waals surface area contributed by atoms with E-state index in [1.807, 2.05) is 5.32 Å². The number of hydrogen-bond acceptors (Lipinski definition) is 2. The monoisotopic (exact) mass is 326 g/mol.